The van der Waals surface area contributed by atoms with Crippen molar-refractivity contribution in [2.45, 2.75) is 25.8 Å². The summed E-state index contributed by atoms with van der Waals surface area (Å²) in [6.45, 7) is 1.05. The highest BCUT2D eigenvalue weighted by Crippen LogP contribution is 2.70. The van der Waals surface area contributed by atoms with E-state index in [1.54, 1.807) is 0 Å². The molecule has 4 heteroatoms. The van der Waals surface area contributed by atoms with Crippen LogP contribution in [0.3, 0.4) is 0 Å². The maximum atomic E-state index is 4.84. The molecule has 2 aromatic heterocycles. The van der Waals surface area contributed by atoms with Crippen LogP contribution in [0.4, 0.5) is 0 Å². The van der Waals surface area contributed by atoms with Crippen molar-refractivity contribution in [1.29, 1.82) is 0 Å². The first-order valence-electron chi connectivity index (χ1n) is 10.0. The van der Waals surface area contributed by atoms with Gasteiger partial charge in [-0.3, -0.25) is 4.68 Å². The quantitative estimate of drug-likeness (QED) is 0.643. The van der Waals surface area contributed by atoms with Crippen molar-refractivity contribution < 1.29 is 0 Å². The Labute approximate surface area is 159 Å². The summed E-state index contributed by atoms with van der Waals surface area (Å²) in [4.78, 5) is 4.84. The van der Waals surface area contributed by atoms with Crippen molar-refractivity contribution in [3.8, 4) is 22.5 Å². The first-order valence-corrected chi connectivity index (χ1v) is 10.0. The highest BCUT2D eigenvalue weighted by atomic mass is 15.2. The van der Waals surface area contributed by atoms with Gasteiger partial charge in [-0.1, -0.05) is 42.5 Å². The number of benzene rings is 1. The monoisotopic (exact) mass is 356 g/mol. The number of hydrogen-bond acceptors (Lipinski definition) is 2. The van der Waals surface area contributed by atoms with Crippen LogP contribution in [-0.4, -0.2) is 19.3 Å². The van der Waals surface area contributed by atoms with Gasteiger partial charge in [0.05, 0.1) is 23.9 Å². The molecule has 136 valence electrons. The summed E-state index contributed by atoms with van der Waals surface area (Å²) in [5.74, 6) is 2.33. The lowest BCUT2D eigenvalue weighted by Gasteiger charge is -2.21. The summed E-state index contributed by atoms with van der Waals surface area (Å²) in [7, 11) is 1.98. The van der Waals surface area contributed by atoms with Gasteiger partial charge in [-0.25, -0.2) is 4.98 Å². The minimum Gasteiger partial charge on any atom is -0.330 e. The Balaban J connectivity index is 1.41. The number of allylic oxidation sites excluding steroid dienone is 2. The van der Waals surface area contributed by atoms with E-state index in [4.69, 9.17) is 4.98 Å². The maximum absolute atomic E-state index is 4.84. The summed E-state index contributed by atoms with van der Waals surface area (Å²) >= 11 is 0. The largest absolute Gasteiger partial charge is 0.330 e. The van der Waals surface area contributed by atoms with Crippen molar-refractivity contribution in [1.82, 2.24) is 19.3 Å². The number of rotatable bonds is 4. The van der Waals surface area contributed by atoms with Crippen LogP contribution < -0.4 is 0 Å². The third kappa shape index (κ3) is 2.22. The summed E-state index contributed by atoms with van der Waals surface area (Å²) in [5.41, 5.74) is 5.21. The van der Waals surface area contributed by atoms with Gasteiger partial charge in [-0.05, 0) is 42.4 Å². The molecule has 0 saturated heterocycles. The van der Waals surface area contributed by atoms with Crippen LogP contribution in [0, 0.1) is 23.2 Å². The Morgan fingerprint density at radius 1 is 1.11 bits per heavy atom. The second kappa shape index (κ2) is 5.44. The fraction of sp³-hybridized carbons (Fsp3) is 0.391. The van der Waals surface area contributed by atoms with E-state index in [1.165, 1.54) is 30.5 Å². The fourth-order valence-electron chi connectivity index (χ4n) is 5.76. The molecule has 3 aliphatic carbocycles. The predicted molar refractivity (Wildman–Crippen MR) is 106 cm³/mol. The van der Waals surface area contributed by atoms with E-state index in [-0.39, 0.29) is 0 Å². The van der Waals surface area contributed by atoms with E-state index >= 15 is 0 Å². The lowest BCUT2D eigenvalue weighted by molar-refractivity contribution is 0.333. The average Bonchev–Trinajstić information content (AvgIpc) is 2.93. The second-order valence-corrected chi connectivity index (χ2v) is 8.61. The van der Waals surface area contributed by atoms with Crippen LogP contribution in [-0.2, 0) is 13.6 Å². The lowest BCUT2D eigenvalue weighted by Crippen LogP contribution is -2.18. The molecule has 3 aromatic rings. The molecule has 0 amide bonds. The molecule has 2 fully saturated rings. The second-order valence-electron chi connectivity index (χ2n) is 8.61. The number of aryl methyl sites for hydroxylation is 1. The van der Waals surface area contributed by atoms with Gasteiger partial charge >= 0.3 is 0 Å². The summed E-state index contributed by atoms with van der Waals surface area (Å²) in [5, 5.41) is 4.42. The molecule has 4 nitrogen and oxygen atoms in total. The lowest BCUT2D eigenvalue weighted by atomic mass is 9.89. The van der Waals surface area contributed by atoms with Gasteiger partial charge in [-0.15, -0.1) is 0 Å². The van der Waals surface area contributed by atoms with Gasteiger partial charge in [0.15, 0.2) is 0 Å². The zero-order chi connectivity index (χ0) is 18.0. The molecular formula is C23H24N4. The molecule has 2 heterocycles. The summed E-state index contributed by atoms with van der Waals surface area (Å²) in [6.07, 6.45) is 15.3. The maximum Gasteiger partial charge on any atom is 0.0964 e. The van der Waals surface area contributed by atoms with Crippen LogP contribution in [0.2, 0.25) is 0 Å². The first-order chi connectivity index (χ1) is 13.2. The van der Waals surface area contributed by atoms with E-state index in [9.17, 15) is 0 Å². The summed E-state index contributed by atoms with van der Waals surface area (Å²) < 4.78 is 4.26. The molecule has 0 unspecified atom stereocenters. The molecule has 27 heavy (non-hydrogen) atoms. The molecule has 6 rings (SSSR count). The zero-order valence-electron chi connectivity index (χ0n) is 15.6. The zero-order valence-corrected chi connectivity index (χ0v) is 15.6. The van der Waals surface area contributed by atoms with E-state index in [2.05, 4.69) is 58.3 Å². The Morgan fingerprint density at radius 3 is 2.67 bits per heavy atom. The average molecular weight is 356 g/mol. The standard InChI is InChI=1S/C23H24N4/c1-26-13-18(12-25-26)22-21(16-5-3-2-4-6-16)24-15-27(22)14-17-11-19-7-8-20(17)23(19)9-10-23/h2-8,12-13,15,17,19-20H,9-11,14H2,1H3/t17-,19-,20-/m1/s1. The van der Waals surface area contributed by atoms with Crippen LogP contribution in [0.5, 0.6) is 0 Å². The molecule has 0 N–H and O–H groups in total. The Morgan fingerprint density at radius 2 is 1.96 bits per heavy atom. The Kier molecular flexibility index (Phi) is 3.11. The highest BCUT2D eigenvalue weighted by molar-refractivity contribution is 5.78. The highest BCUT2D eigenvalue weighted by Gasteiger charge is 2.62. The normalized spacial score (nSPS) is 26.9. The Hall–Kier alpha value is -2.62. The number of imidazole rings is 1. The van der Waals surface area contributed by atoms with Crippen molar-refractivity contribution in [2.24, 2.45) is 30.2 Å². The van der Waals surface area contributed by atoms with Gasteiger partial charge in [-0.2, -0.15) is 5.10 Å². The van der Waals surface area contributed by atoms with E-state index in [1.807, 2.05) is 24.3 Å². The van der Waals surface area contributed by atoms with Crippen LogP contribution in [0.25, 0.3) is 22.5 Å². The van der Waals surface area contributed by atoms with E-state index in [0.29, 0.717) is 5.41 Å². The van der Waals surface area contributed by atoms with E-state index in [0.717, 1.165) is 35.6 Å². The van der Waals surface area contributed by atoms with Gasteiger partial charge in [0.2, 0.25) is 0 Å². The molecule has 2 bridgehead atoms. The van der Waals surface area contributed by atoms with Gasteiger partial charge in [0, 0.05) is 30.9 Å². The molecule has 2 saturated carbocycles. The minimum absolute atomic E-state index is 0.641. The topological polar surface area (TPSA) is 35.6 Å². The molecule has 3 aliphatic rings. The minimum atomic E-state index is 0.641. The molecular weight excluding hydrogens is 332 g/mol. The van der Waals surface area contributed by atoms with Crippen molar-refractivity contribution in [3.05, 3.63) is 61.2 Å². The third-order valence-corrected chi connectivity index (χ3v) is 7.14. The van der Waals surface area contributed by atoms with Crippen LogP contribution in [0.15, 0.2) is 61.2 Å². The smallest absolute Gasteiger partial charge is 0.0964 e. The molecule has 1 spiro atoms. The van der Waals surface area contributed by atoms with Gasteiger partial charge in [0.25, 0.3) is 0 Å². The van der Waals surface area contributed by atoms with Crippen LogP contribution >= 0.6 is 0 Å². The molecule has 3 atom stereocenters. The van der Waals surface area contributed by atoms with Crippen molar-refractivity contribution >= 4 is 0 Å². The SMILES string of the molecule is Cn1cc(-c2c(-c3ccccc3)ncn2C[C@H]2C[C@H]3C=C[C@H]2C32CC2)cn1. The number of nitrogens with zero attached hydrogens (tertiary/aromatic N) is 4. The molecule has 0 aliphatic heterocycles. The van der Waals surface area contributed by atoms with E-state index < -0.39 is 0 Å². The van der Waals surface area contributed by atoms with Gasteiger partial charge < -0.3 is 4.57 Å². The number of aromatic nitrogens is 4. The summed E-state index contributed by atoms with van der Waals surface area (Å²) in [6, 6.07) is 10.5. The Bertz CT molecular complexity index is 1020. The molecule has 0 radical (unpaired) electrons. The van der Waals surface area contributed by atoms with Crippen molar-refractivity contribution in [2.75, 3.05) is 0 Å². The molecule has 1 aromatic carbocycles. The fourth-order valence-corrected chi connectivity index (χ4v) is 5.76. The number of hydrogen-bond donors (Lipinski definition) is 0. The van der Waals surface area contributed by atoms with Crippen molar-refractivity contribution in [3.63, 3.8) is 0 Å². The first kappa shape index (κ1) is 15.4. The third-order valence-electron chi connectivity index (χ3n) is 7.14. The van der Waals surface area contributed by atoms with Gasteiger partial charge in [0.1, 0.15) is 0 Å². The van der Waals surface area contributed by atoms with Crippen LogP contribution in [0.1, 0.15) is 19.3 Å². The predicted octanol–water partition coefficient (Wildman–Crippen LogP) is 4.55.